The number of carbonyl (C=O) groups excluding carboxylic acids is 1. The van der Waals surface area contributed by atoms with Gasteiger partial charge in [0.25, 0.3) is 5.91 Å². The topological polar surface area (TPSA) is 59.4 Å². The second-order valence-corrected chi connectivity index (χ2v) is 6.14. The van der Waals surface area contributed by atoms with Crippen molar-refractivity contribution in [3.63, 3.8) is 0 Å². The van der Waals surface area contributed by atoms with Gasteiger partial charge in [-0.2, -0.15) is 0 Å². The molecule has 3 aromatic rings. The van der Waals surface area contributed by atoms with E-state index in [2.05, 4.69) is 20.9 Å². The number of fused-ring (bicyclic) bond motifs is 2. The molecule has 128 valence electrons. The molecule has 0 radical (unpaired) electrons. The number of likely N-dealkylation sites (N-methyl/N-ethyl adjacent to an activating group) is 1. The molecule has 0 aliphatic carbocycles. The van der Waals surface area contributed by atoms with Crippen molar-refractivity contribution >= 4 is 22.6 Å². The van der Waals surface area contributed by atoms with Crippen LogP contribution < -0.4 is 15.0 Å². The van der Waals surface area contributed by atoms with E-state index in [1.165, 1.54) is 0 Å². The smallest absolute Gasteiger partial charge is 0.262 e. The first kappa shape index (κ1) is 15.5. The van der Waals surface area contributed by atoms with Crippen LogP contribution in [0.25, 0.3) is 11.0 Å². The lowest BCUT2D eigenvalue weighted by atomic mass is 10.1. The minimum absolute atomic E-state index is 0.121. The highest BCUT2D eigenvalue weighted by molar-refractivity contribution is 5.83. The number of ether oxygens (including phenoxy) is 1. The van der Waals surface area contributed by atoms with E-state index in [4.69, 9.17) is 9.72 Å². The number of hydrogen-bond donors (Lipinski definition) is 1. The molecule has 6 nitrogen and oxygen atoms in total. The number of aromatic nitrogens is 2. The summed E-state index contributed by atoms with van der Waals surface area (Å²) in [6.07, 6.45) is -0.533. The molecular formula is C19H20N4O2. The Balaban J connectivity index is 1.70. The van der Waals surface area contributed by atoms with E-state index in [0.717, 1.165) is 28.3 Å². The van der Waals surface area contributed by atoms with Crippen LogP contribution in [0.15, 0.2) is 48.5 Å². The van der Waals surface area contributed by atoms with Crippen molar-refractivity contribution in [3.05, 3.63) is 54.4 Å². The van der Waals surface area contributed by atoms with Crippen molar-refractivity contribution in [2.24, 2.45) is 7.05 Å². The van der Waals surface area contributed by atoms with E-state index in [9.17, 15) is 4.79 Å². The van der Waals surface area contributed by atoms with E-state index in [0.29, 0.717) is 13.1 Å². The van der Waals surface area contributed by atoms with Crippen LogP contribution in [0.4, 0.5) is 5.69 Å². The molecule has 25 heavy (non-hydrogen) atoms. The van der Waals surface area contributed by atoms with E-state index >= 15 is 0 Å². The molecule has 0 saturated carbocycles. The SMILES string of the molecule is CNC(=O)C1CN(Cc2nc3ccccc3n2C)c2ccccc2O1. The molecule has 4 rings (SSSR count). The van der Waals surface area contributed by atoms with Crippen LogP contribution in [-0.4, -0.2) is 35.2 Å². The van der Waals surface area contributed by atoms with Crippen molar-refractivity contribution in [2.45, 2.75) is 12.6 Å². The summed E-state index contributed by atoms with van der Waals surface area (Å²) in [5.41, 5.74) is 3.06. The summed E-state index contributed by atoms with van der Waals surface area (Å²) in [6, 6.07) is 15.9. The van der Waals surface area contributed by atoms with Crippen molar-refractivity contribution in [2.75, 3.05) is 18.5 Å². The average molecular weight is 336 g/mol. The lowest BCUT2D eigenvalue weighted by Gasteiger charge is -2.35. The third kappa shape index (κ3) is 2.69. The molecule has 2 heterocycles. The molecule has 0 spiro atoms. The van der Waals surface area contributed by atoms with Gasteiger partial charge in [0.05, 0.1) is 29.8 Å². The Labute approximate surface area is 146 Å². The zero-order chi connectivity index (χ0) is 17.4. The van der Waals surface area contributed by atoms with E-state index in [1.54, 1.807) is 7.05 Å². The first-order valence-corrected chi connectivity index (χ1v) is 8.30. The van der Waals surface area contributed by atoms with Crippen LogP contribution in [0.3, 0.4) is 0 Å². The number of rotatable bonds is 3. The zero-order valence-electron chi connectivity index (χ0n) is 14.3. The minimum Gasteiger partial charge on any atom is -0.477 e. The predicted molar refractivity (Wildman–Crippen MR) is 96.7 cm³/mol. The number of imidazole rings is 1. The Morgan fingerprint density at radius 3 is 2.80 bits per heavy atom. The highest BCUT2D eigenvalue weighted by atomic mass is 16.5. The predicted octanol–water partition coefficient (Wildman–Crippen LogP) is 2.09. The summed E-state index contributed by atoms with van der Waals surface area (Å²) < 4.78 is 7.96. The Kier molecular flexibility index (Phi) is 3.80. The molecule has 1 aromatic heterocycles. The number of amides is 1. The van der Waals surface area contributed by atoms with Gasteiger partial charge in [-0.15, -0.1) is 0 Å². The van der Waals surface area contributed by atoms with E-state index in [-0.39, 0.29) is 5.91 Å². The van der Waals surface area contributed by atoms with E-state index in [1.807, 2.05) is 49.5 Å². The molecule has 0 saturated heterocycles. The Morgan fingerprint density at radius 2 is 2.00 bits per heavy atom. The second kappa shape index (κ2) is 6.12. The highest BCUT2D eigenvalue weighted by Gasteiger charge is 2.30. The number of nitrogens with one attached hydrogen (secondary N) is 1. The quantitative estimate of drug-likeness (QED) is 0.796. The zero-order valence-corrected chi connectivity index (χ0v) is 14.3. The summed E-state index contributed by atoms with van der Waals surface area (Å²) in [7, 11) is 3.65. The summed E-state index contributed by atoms with van der Waals surface area (Å²) in [5.74, 6) is 1.55. The maximum absolute atomic E-state index is 12.1. The number of carbonyl (C=O) groups is 1. The van der Waals surface area contributed by atoms with Crippen LogP contribution in [0.5, 0.6) is 5.75 Å². The number of anilines is 1. The number of nitrogens with zero attached hydrogens (tertiary/aromatic N) is 3. The van der Waals surface area contributed by atoms with Gasteiger partial charge < -0.3 is 19.5 Å². The highest BCUT2D eigenvalue weighted by Crippen LogP contribution is 2.34. The molecule has 6 heteroatoms. The third-order valence-corrected chi connectivity index (χ3v) is 4.61. The Hall–Kier alpha value is -3.02. The summed E-state index contributed by atoms with van der Waals surface area (Å²) in [6.45, 7) is 1.10. The van der Waals surface area contributed by atoms with Crippen molar-refractivity contribution in [1.82, 2.24) is 14.9 Å². The van der Waals surface area contributed by atoms with Gasteiger partial charge in [-0.25, -0.2) is 4.98 Å². The van der Waals surface area contributed by atoms with Gasteiger partial charge in [0.15, 0.2) is 6.10 Å². The maximum Gasteiger partial charge on any atom is 0.262 e. The van der Waals surface area contributed by atoms with Gasteiger partial charge >= 0.3 is 0 Å². The molecule has 2 aromatic carbocycles. The minimum atomic E-state index is -0.533. The maximum atomic E-state index is 12.1. The lowest BCUT2D eigenvalue weighted by Crippen LogP contribution is -2.48. The fourth-order valence-electron chi connectivity index (χ4n) is 3.26. The molecular weight excluding hydrogens is 316 g/mol. The molecule has 0 fully saturated rings. The molecule has 1 atom stereocenters. The van der Waals surface area contributed by atoms with Crippen molar-refractivity contribution in [3.8, 4) is 5.75 Å². The van der Waals surface area contributed by atoms with Crippen LogP contribution in [-0.2, 0) is 18.4 Å². The monoisotopic (exact) mass is 336 g/mol. The van der Waals surface area contributed by atoms with Gasteiger partial charge in [-0.3, -0.25) is 4.79 Å². The first-order valence-electron chi connectivity index (χ1n) is 8.30. The summed E-state index contributed by atoms with van der Waals surface area (Å²) >= 11 is 0. The van der Waals surface area contributed by atoms with Crippen LogP contribution >= 0.6 is 0 Å². The summed E-state index contributed by atoms with van der Waals surface area (Å²) in [4.78, 5) is 19.0. The fraction of sp³-hybridized carbons (Fsp3) is 0.263. The Bertz CT molecular complexity index is 934. The average Bonchev–Trinajstić information content (AvgIpc) is 2.97. The molecule has 1 amide bonds. The van der Waals surface area contributed by atoms with Crippen molar-refractivity contribution < 1.29 is 9.53 Å². The number of hydrogen-bond acceptors (Lipinski definition) is 4. The fourth-order valence-corrected chi connectivity index (χ4v) is 3.26. The van der Waals surface area contributed by atoms with Gasteiger partial charge in [0.1, 0.15) is 11.6 Å². The second-order valence-electron chi connectivity index (χ2n) is 6.14. The number of para-hydroxylation sites is 4. The van der Waals surface area contributed by atoms with Gasteiger partial charge in [0, 0.05) is 14.1 Å². The number of aryl methyl sites for hydroxylation is 1. The normalized spacial score (nSPS) is 16.4. The molecule has 1 aliphatic heterocycles. The molecule has 1 aliphatic rings. The van der Waals surface area contributed by atoms with Gasteiger partial charge in [-0.1, -0.05) is 24.3 Å². The Morgan fingerprint density at radius 1 is 1.24 bits per heavy atom. The summed E-state index contributed by atoms with van der Waals surface area (Å²) in [5, 5.41) is 2.67. The van der Waals surface area contributed by atoms with Crippen LogP contribution in [0.1, 0.15) is 5.82 Å². The van der Waals surface area contributed by atoms with Crippen molar-refractivity contribution in [1.29, 1.82) is 0 Å². The largest absolute Gasteiger partial charge is 0.477 e. The third-order valence-electron chi connectivity index (χ3n) is 4.61. The molecule has 1 N–H and O–H groups in total. The van der Waals surface area contributed by atoms with E-state index < -0.39 is 6.10 Å². The molecule has 1 unspecified atom stereocenters. The standard InChI is InChI=1S/C19H20N4O2/c1-20-19(24)17-11-23(15-9-5-6-10-16(15)25-17)12-18-21-13-7-3-4-8-14(13)22(18)2/h3-10,17H,11-12H2,1-2H3,(H,20,24). The van der Waals surface area contributed by atoms with Gasteiger partial charge in [0.2, 0.25) is 0 Å². The van der Waals surface area contributed by atoms with Crippen LogP contribution in [0, 0.1) is 0 Å². The van der Waals surface area contributed by atoms with Gasteiger partial charge in [-0.05, 0) is 24.3 Å². The lowest BCUT2D eigenvalue weighted by molar-refractivity contribution is -0.127. The first-order chi connectivity index (χ1) is 12.2. The number of benzene rings is 2. The van der Waals surface area contributed by atoms with Crippen LogP contribution in [0.2, 0.25) is 0 Å². The molecule has 0 bridgehead atoms.